The number of amides is 1. The maximum atomic E-state index is 12.7. The number of rotatable bonds is 7. The number of carbonyl (C=O) groups is 2. The molecule has 0 aromatic carbocycles. The van der Waals surface area contributed by atoms with Gasteiger partial charge in [-0.05, 0) is 47.0 Å². The molecule has 0 unspecified atom stereocenters. The smallest absolute Gasteiger partial charge is 0.272 e. The molecule has 7 heteroatoms. The summed E-state index contributed by atoms with van der Waals surface area (Å²) >= 11 is 0. The fourth-order valence-corrected chi connectivity index (χ4v) is 2.85. The van der Waals surface area contributed by atoms with Gasteiger partial charge in [-0.3, -0.25) is 9.59 Å². The van der Waals surface area contributed by atoms with Crippen LogP contribution in [0.2, 0.25) is 0 Å². The van der Waals surface area contributed by atoms with Gasteiger partial charge in [-0.25, -0.2) is 0 Å². The van der Waals surface area contributed by atoms with Crippen LogP contribution in [0.25, 0.3) is 0 Å². The Kier molecular flexibility index (Phi) is 6.15. The molecule has 0 aliphatic rings. The van der Waals surface area contributed by atoms with Crippen LogP contribution < -0.4 is 10.6 Å². The molecule has 148 valence electrons. The van der Waals surface area contributed by atoms with Crippen LogP contribution in [0, 0.1) is 0 Å². The minimum Gasteiger partial charge on any atom is -0.379 e. The molecule has 0 spiro atoms. The van der Waals surface area contributed by atoms with E-state index in [1.165, 1.54) is 0 Å². The highest BCUT2D eigenvalue weighted by Gasteiger charge is 2.18. The predicted molar refractivity (Wildman–Crippen MR) is 110 cm³/mol. The number of hydrogen-bond donors (Lipinski definition) is 2. The monoisotopic (exact) mass is 373 g/mol. The van der Waals surface area contributed by atoms with Gasteiger partial charge in [0.05, 0.1) is 17.1 Å². The van der Waals surface area contributed by atoms with Gasteiger partial charge in [0.1, 0.15) is 5.69 Å². The van der Waals surface area contributed by atoms with Gasteiger partial charge in [0.2, 0.25) is 0 Å². The van der Waals surface area contributed by atoms with E-state index in [4.69, 9.17) is 0 Å². The number of anilines is 2. The highest BCUT2D eigenvalue weighted by Crippen LogP contribution is 2.20. The van der Waals surface area contributed by atoms with Gasteiger partial charge in [-0.2, -0.15) is 0 Å². The van der Waals surface area contributed by atoms with E-state index in [9.17, 15) is 9.59 Å². The van der Waals surface area contributed by atoms with E-state index in [0.717, 1.165) is 5.69 Å². The van der Waals surface area contributed by atoms with Crippen LogP contribution in [-0.2, 0) is 14.1 Å². The highest BCUT2D eigenvalue weighted by molar-refractivity contribution is 6.05. The molecule has 0 fully saturated rings. The molecule has 0 atom stereocenters. The van der Waals surface area contributed by atoms with Crippen molar-refractivity contribution in [3.63, 3.8) is 0 Å². The van der Waals surface area contributed by atoms with Crippen molar-refractivity contribution < 1.29 is 9.59 Å². The average Bonchev–Trinajstić information content (AvgIpc) is 3.05. The van der Waals surface area contributed by atoms with E-state index >= 15 is 0 Å². The molecule has 0 aliphatic heterocycles. The third-order valence-corrected chi connectivity index (χ3v) is 4.09. The lowest BCUT2D eigenvalue weighted by atomic mass is 10.1. The second kappa shape index (κ2) is 8.00. The number of ketones is 1. The number of aryl methyl sites for hydroxylation is 2. The number of Topliss-reactive ketones (excluding diaryl/α,β-unsaturated/α-hetero) is 1. The molecule has 2 heterocycles. The van der Waals surface area contributed by atoms with Crippen LogP contribution in [0.15, 0.2) is 24.5 Å². The minimum atomic E-state index is -0.211. The topological polar surface area (TPSA) is 71.3 Å². The first-order valence-electron chi connectivity index (χ1n) is 9.06. The summed E-state index contributed by atoms with van der Waals surface area (Å²) in [5, 5.41) is 6.24. The summed E-state index contributed by atoms with van der Waals surface area (Å²) in [6.07, 6.45) is 4.09. The second-order valence-electron chi connectivity index (χ2n) is 8.26. The lowest BCUT2D eigenvalue weighted by Crippen LogP contribution is -2.25. The molecule has 2 rings (SSSR count). The standard InChI is InChI=1S/C20H31N5O2/c1-20(2,3)22-15-11-17(25(7)13-15)19(27)21-14-10-16(24(6)12-14)18(26)8-9-23(4)5/h10-13,22H,8-9H2,1-7H3,(H,21,27). The van der Waals surface area contributed by atoms with Crippen LogP contribution in [-0.4, -0.2) is 51.9 Å². The third-order valence-electron chi connectivity index (χ3n) is 4.09. The van der Waals surface area contributed by atoms with Gasteiger partial charge in [0, 0.05) is 45.0 Å². The van der Waals surface area contributed by atoms with E-state index in [0.29, 0.717) is 30.0 Å². The summed E-state index contributed by atoms with van der Waals surface area (Å²) in [7, 11) is 7.52. The molecule has 0 saturated carbocycles. The molecular weight excluding hydrogens is 342 g/mol. The molecular formula is C20H31N5O2. The van der Waals surface area contributed by atoms with Crippen molar-refractivity contribution in [1.29, 1.82) is 0 Å². The second-order valence-corrected chi connectivity index (χ2v) is 8.26. The molecule has 0 radical (unpaired) electrons. The van der Waals surface area contributed by atoms with E-state index in [2.05, 4.69) is 31.4 Å². The molecule has 2 N–H and O–H groups in total. The Morgan fingerprint density at radius 2 is 1.56 bits per heavy atom. The summed E-state index contributed by atoms with van der Waals surface area (Å²) in [5.74, 6) is -0.153. The summed E-state index contributed by atoms with van der Waals surface area (Å²) < 4.78 is 3.54. The summed E-state index contributed by atoms with van der Waals surface area (Å²) in [6.45, 7) is 6.90. The minimum absolute atomic E-state index is 0.0576. The van der Waals surface area contributed by atoms with Crippen LogP contribution >= 0.6 is 0 Å². The van der Waals surface area contributed by atoms with Crippen molar-refractivity contribution in [2.24, 2.45) is 14.1 Å². The predicted octanol–water partition coefficient (Wildman–Crippen LogP) is 2.96. The van der Waals surface area contributed by atoms with Gasteiger partial charge in [-0.15, -0.1) is 0 Å². The first-order valence-corrected chi connectivity index (χ1v) is 9.06. The van der Waals surface area contributed by atoms with Gasteiger partial charge >= 0.3 is 0 Å². The number of carbonyl (C=O) groups excluding carboxylic acids is 2. The van der Waals surface area contributed by atoms with Crippen LogP contribution in [0.1, 0.15) is 48.2 Å². The lowest BCUT2D eigenvalue weighted by molar-refractivity contribution is 0.0963. The van der Waals surface area contributed by atoms with Crippen molar-refractivity contribution >= 4 is 23.1 Å². The zero-order valence-corrected chi connectivity index (χ0v) is 17.4. The number of nitrogens with one attached hydrogen (secondary N) is 2. The number of aromatic nitrogens is 2. The molecule has 0 saturated heterocycles. The van der Waals surface area contributed by atoms with E-state index < -0.39 is 0 Å². The maximum absolute atomic E-state index is 12.7. The first kappa shape index (κ1) is 20.8. The molecule has 1 amide bonds. The molecule has 2 aromatic rings. The van der Waals surface area contributed by atoms with Crippen molar-refractivity contribution in [1.82, 2.24) is 14.0 Å². The molecule has 7 nitrogen and oxygen atoms in total. The highest BCUT2D eigenvalue weighted by atomic mass is 16.2. The van der Waals surface area contributed by atoms with Crippen molar-refractivity contribution in [2.75, 3.05) is 31.3 Å². The maximum Gasteiger partial charge on any atom is 0.272 e. The third kappa shape index (κ3) is 5.72. The van der Waals surface area contributed by atoms with E-state index in [1.54, 1.807) is 21.4 Å². The Balaban J connectivity index is 2.10. The number of nitrogens with zero attached hydrogens (tertiary/aromatic N) is 3. The zero-order valence-electron chi connectivity index (χ0n) is 17.4. The quantitative estimate of drug-likeness (QED) is 0.732. The molecule has 27 heavy (non-hydrogen) atoms. The van der Waals surface area contributed by atoms with Crippen molar-refractivity contribution in [3.05, 3.63) is 35.9 Å². The SMILES string of the molecule is CN(C)CCC(=O)c1cc(NC(=O)c2cc(NC(C)(C)C)cn2C)cn1C. The Morgan fingerprint density at radius 1 is 1.00 bits per heavy atom. The van der Waals surface area contributed by atoms with Gasteiger partial charge < -0.3 is 24.7 Å². The van der Waals surface area contributed by atoms with Crippen LogP contribution in [0.3, 0.4) is 0 Å². The lowest BCUT2D eigenvalue weighted by Gasteiger charge is -2.20. The molecule has 0 bridgehead atoms. The summed E-state index contributed by atoms with van der Waals surface area (Å²) in [5.41, 5.74) is 2.56. The number of hydrogen-bond acceptors (Lipinski definition) is 4. The van der Waals surface area contributed by atoms with Gasteiger partial charge in [0.15, 0.2) is 5.78 Å². The fourth-order valence-electron chi connectivity index (χ4n) is 2.85. The molecule has 2 aromatic heterocycles. The zero-order chi connectivity index (χ0) is 20.4. The Hall–Kier alpha value is -2.54. The normalized spacial score (nSPS) is 11.7. The Morgan fingerprint density at radius 3 is 2.15 bits per heavy atom. The van der Waals surface area contributed by atoms with Crippen molar-refractivity contribution in [3.8, 4) is 0 Å². The van der Waals surface area contributed by atoms with Crippen molar-refractivity contribution in [2.45, 2.75) is 32.7 Å². The Bertz CT molecular complexity index is 824. The van der Waals surface area contributed by atoms with Gasteiger partial charge in [-0.1, -0.05) is 0 Å². The van der Waals surface area contributed by atoms with E-state index in [-0.39, 0.29) is 17.2 Å². The molecule has 0 aliphatic carbocycles. The van der Waals surface area contributed by atoms with Gasteiger partial charge in [0.25, 0.3) is 5.91 Å². The largest absolute Gasteiger partial charge is 0.379 e. The fraction of sp³-hybridized carbons (Fsp3) is 0.500. The average molecular weight is 374 g/mol. The van der Waals surface area contributed by atoms with Crippen LogP contribution in [0.5, 0.6) is 0 Å². The Labute approximate surface area is 161 Å². The summed E-state index contributed by atoms with van der Waals surface area (Å²) in [6, 6.07) is 3.56. The van der Waals surface area contributed by atoms with Crippen LogP contribution in [0.4, 0.5) is 11.4 Å². The first-order chi connectivity index (χ1) is 12.5. The van der Waals surface area contributed by atoms with E-state index in [1.807, 2.05) is 45.4 Å². The summed E-state index contributed by atoms with van der Waals surface area (Å²) in [4.78, 5) is 27.0.